The zero-order chi connectivity index (χ0) is 10.8. The lowest BCUT2D eigenvalue weighted by Crippen LogP contribution is -2.28. The van der Waals surface area contributed by atoms with Crippen molar-refractivity contribution in [2.24, 2.45) is 11.8 Å². The van der Waals surface area contributed by atoms with Crippen LogP contribution < -0.4 is 11.3 Å². The van der Waals surface area contributed by atoms with Crippen molar-refractivity contribution < 1.29 is 4.42 Å². The Hall–Kier alpha value is -0.800. The number of rotatable bonds is 5. The Morgan fingerprint density at radius 3 is 2.73 bits per heavy atom. The summed E-state index contributed by atoms with van der Waals surface area (Å²) in [6.07, 6.45) is 5.20. The summed E-state index contributed by atoms with van der Waals surface area (Å²) in [4.78, 5) is 0. The van der Waals surface area contributed by atoms with Gasteiger partial charge in [-0.05, 0) is 38.7 Å². The Kier molecular flexibility index (Phi) is 3.12. The highest BCUT2D eigenvalue weighted by atomic mass is 16.3. The lowest BCUT2D eigenvalue weighted by molar-refractivity contribution is 0.458. The highest BCUT2D eigenvalue weighted by Gasteiger charge is 2.24. The summed E-state index contributed by atoms with van der Waals surface area (Å²) in [5.41, 5.74) is 4.11. The Bertz CT molecular complexity index is 328. The van der Waals surface area contributed by atoms with Crippen molar-refractivity contribution in [1.82, 2.24) is 5.43 Å². The quantitative estimate of drug-likeness (QED) is 0.577. The lowest BCUT2D eigenvalue weighted by atomic mass is 10.0. The topological polar surface area (TPSA) is 51.2 Å². The predicted molar refractivity (Wildman–Crippen MR) is 60.2 cm³/mol. The van der Waals surface area contributed by atoms with Crippen molar-refractivity contribution in [2.45, 2.75) is 45.6 Å². The van der Waals surface area contributed by atoms with Crippen LogP contribution in [0.2, 0.25) is 0 Å². The monoisotopic (exact) mass is 208 g/mol. The van der Waals surface area contributed by atoms with Crippen LogP contribution in [0, 0.1) is 19.8 Å². The maximum Gasteiger partial charge on any atom is 0.105 e. The van der Waals surface area contributed by atoms with Crippen LogP contribution in [0.5, 0.6) is 0 Å². The summed E-state index contributed by atoms with van der Waals surface area (Å²) in [5, 5.41) is 0. The predicted octanol–water partition coefficient (Wildman–Crippen LogP) is 2.59. The van der Waals surface area contributed by atoms with Crippen molar-refractivity contribution in [1.29, 1.82) is 0 Å². The third kappa shape index (κ3) is 2.61. The zero-order valence-corrected chi connectivity index (χ0v) is 9.55. The maximum atomic E-state index is 5.60. The molecule has 1 saturated carbocycles. The summed E-state index contributed by atoms with van der Waals surface area (Å²) >= 11 is 0. The minimum absolute atomic E-state index is 0.253. The second-order valence-corrected chi connectivity index (χ2v) is 4.61. The van der Waals surface area contributed by atoms with E-state index in [0.717, 1.165) is 23.9 Å². The Balaban J connectivity index is 2.00. The molecule has 3 heteroatoms. The van der Waals surface area contributed by atoms with E-state index >= 15 is 0 Å². The van der Waals surface area contributed by atoms with Crippen LogP contribution in [0.25, 0.3) is 0 Å². The molecule has 1 atom stereocenters. The maximum absolute atomic E-state index is 5.60. The highest BCUT2D eigenvalue weighted by Crippen LogP contribution is 2.36. The Morgan fingerprint density at radius 2 is 2.27 bits per heavy atom. The third-order valence-electron chi connectivity index (χ3n) is 3.22. The molecule has 2 rings (SSSR count). The molecule has 15 heavy (non-hydrogen) atoms. The van der Waals surface area contributed by atoms with Gasteiger partial charge in [0, 0.05) is 11.6 Å². The van der Waals surface area contributed by atoms with Gasteiger partial charge in [0.15, 0.2) is 0 Å². The van der Waals surface area contributed by atoms with E-state index < -0.39 is 0 Å². The van der Waals surface area contributed by atoms with Crippen LogP contribution in [0.1, 0.15) is 48.8 Å². The van der Waals surface area contributed by atoms with E-state index in [1.54, 1.807) is 0 Å². The molecule has 84 valence electrons. The SMILES string of the molecule is Cc1cc(C(CCC2CC2)NN)c(C)o1. The van der Waals surface area contributed by atoms with Crippen LogP contribution in [-0.4, -0.2) is 0 Å². The van der Waals surface area contributed by atoms with Gasteiger partial charge < -0.3 is 4.42 Å². The van der Waals surface area contributed by atoms with Crippen LogP contribution in [0.15, 0.2) is 10.5 Å². The number of hydrogen-bond acceptors (Lipinski definition) is 3. The van der Waals surface area contributed by atoms with E-state index in [-0.39, 0.29) is 6.04 Å². The second kappa shape index (κ2) is 4.37. The highest BCUT2D eigenvalue weighted by molar-refractivity contribution is 5.23. The van der Waals surface area contributed by atoms with Gasteiger partial charge in [-0.25, -0.2) is 0 Å². The number of furan rings is 1. The molecule has 1 heterocycles. The van der Waals surface area contributed by atoms with Crippen LogP contribution in [0.3, 0.4) is 0 Å². The molecule has 1 aromatic heterocycles. The molecule has 3 nitrogen and oxygen atoms in total. The standard InChI is InChI=1S/C12H20N2O/c1-8-7-11(9(2)15-8)12(14-13)6-5-10-3-4-10/h7,10,12,14H,3-6,13H2,1-2H3. The van der Waals surface area contributed by atoms with Crippen LogP contribution in [0.4, 0.5) is 0 Å². The summed E-state index contributed by atoms with van der Waals surface area (Å²) in [6.45, 7) is 3.98. The van der Waals surface area contributed by atoms with Crippen LogP contribution in [-0.2, 0) is 0 Å². The molecule has 0 saturated heterocycles. The minimum atomic E-state index is 0.253. The molecule has 0 bridgehead atoms. The number of nitrogens with one attached hydrogen (secondary N) is 1. The molecule has 1 fully saturated rings. The average Bonchev–Trinajstić information content (AvgIpc) is 2.95. The van der Waals surface area contributed by atoms with Crippen LogP contribution >= 0.6 is 0 Å². The van der Waals surface area contributed by atoms with E-state index in [0.29, 0.717) is 0 Å². The van der Waals surface area contributed by atoms with E-state index in [1.165, 1.54) is 24.8 Å². The first kappa shape index (κ1) is 10.7. The molecule has 0 spiro atoms. The molecule has 0 radical (unpaired) electrons. The van der Waals surface area contributed by atoms with Gasteiger partial charge in [0.1, 0.15) is 11.5 Å². The molecule has 1 aliphatic carbocycles. The zero-order valence-electron chi connectivity index (χ0n) is 9.55. The van der Waals surface area contributed by atoms with E-state index in [9.17, 15) is 0 Å². The first-order valence-corrected chi connectivity index (χ1v) is 5.73. The fraction of sp³-hybridized carbons (Fsp3) is 0.667. The van der Waals surface area contributed by atoms with Gasteiger partial charge in [0.25, 0.3) is 0 Å². The van der Waals surface area contributed by atoms with Crippen molar-refractivity contribution in [3.63, 3.8) is 0 Å². The van der Waals surface area contributed by atoms with Gasteiger partial charge in [-0.15, -0.1) is 0 Å². The van der Waals surface area contributed by atoms with Crippen molar-refractivity contribution >= 4 is 0 Å². The first-order chi connectivity index (χ1) is 7.20. The van der Waals surface area contributed by atoms with Crippen molar-refractivity contribution in [3.8, 4) is 0 Å². The molecular weight excluding hydrogens is 188 g/mol. The normalized spacial score (nSPS) is 18.1. The lowest BCUT2D eigenvalue weighted by Gasteiger charge is -2.14. The number of hydrogen-bond donors (Lipinski definition) is 2. The van der Waals surface area contributed by atoms with Gasteiger partial charge in [-0.3, -0.25) is 11.3 Å². The van der Waals surface area contributed by atoms with Crippen molar-refractivity contribution in [3.05, 3.63) is 23.2 Å². The van der Waals surface area contributed by atoms with Gasteiger partial charge >= 0.3 is 0 Å². The summed E-state index contributed by atoms with van der Waals surface area (Å²) < 4.78 is 5.52. The molecule has 1 aliphatic rings. The molecule has 0 amide bonds. The summed E-state index contributed by atoms with van der Waals surface area (Å²) in [6, 6.07) is 2.34. The molecular formula is C12H20N2O. The minimum Gasteiger partial charge on any atom is -0.466 e. The third-order valence-corrected chi connectivity index (χ3v) is 3.22. The largest absolute Gasteiger partial charge is 0.466 e. The summed E-state index contributed by atoms with van der Waals surface area (Å²) in [5.74, 6) is 8.51. The van der Waals surface area contributed by atoms with Gasteiger partial charge in [0.2, 0.25) is 0 Å². The second-order valence-electron chi connectivity index (χ2n) is 4.61. The van der Waals surface area contributed by atoms with Gasteiger partial charge in [-0.1, -0.05) is 12.8 Å². The fourth-order valence-corrected chi connectivity index (χ4v) is 2.13. The number of aryl methyl sites for hydroxylation is 2. The molecule has 1 unspecified atom stereocenters. The molecule has 0 aliphatic heterocycles. The Morgan fingerprint density at radius 1 is 1.53 bits per heavy atom. The van der Waals surface area contributed by atoms with Gasteiger partial charge in [-0.2, -0.15) is 0 Å². The average molecular weight is 208 g/mol. The molecule has 3 N–H and O–H groups in total. The van der Waals surface area contributed by atoms with Gasteiger partial charge in [0.05, 0.1) is 0 Å². The van der Waals surface area contributed by atoms with E-state index in [2.05, 4.69) is 11.5 Å². The smallest absolute Gasteiger partial charge is 0.105 e. The molecule has 1 aromatic rings. The fourth-order valence-electron chi connectivity index (χ4n) is 2.13. The van der Waals surface area contributed by atoms with E-state index in [1.807, 2.05) is 13.8 Å². The number of hydrazine groups is 1. The summed E-state index contributed by atoms with van der Waals surface area (Å²) in [7, 11) is 0. The Labute approximate surface area is 91.0 Å². The van der Waals surface area contributed by atoms with Crippen molar-refractivity contribution in [2.75, 3.05) is 0 Å². The molecule has 0 aromatic carbocycles. The first-order valence-electron chi connectivity index (χ1n) is 5.73. The number of nitrogens with two attached hydrogens (primary N) is 1. The van der Waals surface area contributed by atoms with E-state index in [4.69, 9.17) is 10.3 Å².